The molecule has 0 radical (unpaired) electrons. The summed E-state index contributed by atoms with van der Waals surface area (Å²) in [4.78, 5) is 31.4. The van der Waals surface area contributed by atoms with Crippen molar-refractivity contribution in [1.29, 1.82) is 0 Å². The largest absolute Gasteiger partial charge is 0.443 e. The summed E-state index contributed by atoms with van der Waals surface area (Å²) in [6.45, 7) is 12.0. The molecule has 2 rings (SSSR count). The van der Waals surface area contributed by atoms with Gasteiger partial charge in [0.15, 0.2) is 0 Å². The van der Waals surface area contributed by atoms with Crippen LogP contribution in [0.2, 0.25) is 0 Å². The summed E-state index contributed by atoms with van der Waals surface area (Å²) < 4.78 is 5.53. The Morgan fingerprint density at radius 2 is 1.66 bits per heavy atom. The van der Waals surface area contributed by atoms with E-state index in [4.69, 9.17) is 4.74 Å². The standard InChI is InChI=1S/C23H37N3O3/c1-5-6-7-11-14-24-15-17-25(18-16-24)21(27)19-26(20-12-9-8-10-13-20)22(28)29-23(2,3)4/h8-10,12-13H,5-7,11,14-19H2,1-4H3. The molecule has 6 nitrogen and oxygen atoms in total. The molecule has 0 saturated carbocycles. The Hall–Kier alpha value is -2.08. The summed E-state index contributed by atoms with van der Waals surface area (Å²) >= 11 is 0. The molecule has 1 fully saturated rings. The van der Waals surface area contributed by atoms with Crippen LogP contribution < -0.4 is 4.90 Å². The van der Waals surface area contributed by atoms with Crippen molar-refractivity contribution in [1.82, 2.24) is 9.80 Å². The summed E-state index contributed by atoms with van der Waals surface area (Å²) in [6.07, 6.45) is 4.54. The SMILES string of the molecule is CCCCCCN1CCN(C(=O)CN(C(=O)OC(C)(C)C)c2ccccc2)CC1. The number of hydrogen-bond acceptors (Lipinski definition) is 4. The Morgan fingerprint density at radius 3 is 2.24 bits per heavy atom. The fraction of sp³-hybridized carbons (Fsp3) is 0.652. The summed E-state index contributed by atoms with van der Waals surface area (Å²) in [5.74, 6) is -0.0367. The van der Waals surface area contributed by atoms with E-state index in [1.165, 1.54) is 30.6 Å². The van der Waals surface area contributed by atoms with Crippen molar-refractivity contribution in [3.8, 4) is 0 Å². The Bertz CT molecular complexity index is 635. The van der Waals surface area contributed by atoms with E-state index in [9.17, 15) is 9.59 Å². The molecule has 1 heterocycles. The highest BCUT2D eigenvalue weighted by Gasteiger charge is 2.28. The van der Waals surface area contributed by atoms with E-state index in [-0.39, 0.29) is 12.5 Å². The smallest absolute Gasteiger partial charge is 0.415 e. The van der Waals surface area contributed by atoms with Gasteiger partial charge < -0.3 is 9.64 Å². The van der Waals surface area contributed by atoms with Gasteiger partial charge in [-0.15, -0.1) is 0 Å². The minimum absolute atomic E-state index is 0.00454. The molecular weight excluding hydrogens is 366 g/mol. The number of amides is 2. The molecule has 1 aromatic rings. The van der Waals surface area contributed by atoms with Gasteiger partial charge >= 0.3 is 6.09 Å². The van der Waals surface area contributed by atoms with Crippen LogP contribution in [0.1, 0.15) is 53.4 Å². The van der Waals surface area contributed by atoms with Gasteiger partial charge in [0.25, 0.3) is 0 Å². The van der Waals surface area contributed by atoms with E-state index in [1.807, 2.05) is 56.0 Å². The lowest BCUT2D eigenvalue weighted by Crippen LogP contribution is -2.52. The highest BCUT2D eigenvalue weighted by atomic mass is 16.6. The van der Waals surface area contributed by atoms with Crippen molar-refractivity contribution in [2.24, 2.45) is 0 Å². The number of hydrogen-bond donors (Lipinski definition) is 0. The number of benzene rings is 1. The molecule has 1 aliphatic rings. The first-order valence-electron chi connectivity index (χ1n) is 10.9. The predicted octanol–water partition coefficient (Wildman–Crippen LogP) is 4.15. The third-order valence-corrected chi connectivity index (χ3v) is 5.03. The number of para-hydroxylation sites is 1. The normalized spacial score (nSPS) is 15.2. The number of anilines is 1. The molecule has 0 N–H and O–H groups in total. The van der Waals surface area contributed by atoms with Gasteiger partial charge in [0, 0.05) is 31.9 Å². The molecule has 162 valence electrons. The molecule has 1 aliphatic heterocycles. The van der Waals surface area contributed by atoms with Crippen LogP contribution >= 0.6 is 0 Å². The van der Waals surface area contributed by atoms with Crippen molar-refractivity contribution in [3.05, 3.63) is 30.3 Å². The molecule has 0 aliphatic carbocycles. The predicted molar refractivity (Wildman–Crippen MR) is 117 cm³/mol. The van der Waals surface area contributed by atoms with Crippen molar-refractivity contribution >= 4 is 17.7 Å². The van der Waals surface area contributed by atoms with E-state index < -0.39 is 11.7 Å². The molecule has 29 heavy (non-hydrogen) atoms. The van der Waals surface area contributed by atoms with Crippen LogP contribution in [0.3, 0.4) is 0 Å². The second kappa shape index (κ2) is 11.2. The van der Waals surface area contributed by atoms with Gasteiger partial charge in [-0.1, -0.05) is 44.4 Å². The molecule has 6 heteroatoms. The maximum Gasteiger partial charge on any atom is 0.415 e. The minimum atomic E-state index is -0.615. The second-order valence-corrected chi connectivity index (χ2v) is 8.69. The molecule has 0 bridgehead atoms. The number of unbranched alkanes of at least 4 members (excludes halogenated alkanes) is 3. The van der Waals surface area contributed by atoms with Gasteiger partial charge in [-0.25, -0.2) is 4.79 Å². The zero-order valence-corrected chi connectivity index (χ0v) is 18.5. The van der Waals surface area contributed by atoms with Crippen molar-refractivity contribution in [2.45, 2.75) is 59.0 Å². The Morgan fingerprint density at radius 1 is 1.00 bits per heavy atom. The van der Waals surface area contributed by atoms with E-state index in [0.717, 1.165) is 19.6 Å². The molecular formula is C23H37N3O3. The molecule has 1 saturated heterocycles. The molecule has 2 amide bonds. The highest BCUT2D eigenvalue weighted by Crippen LogP contribution is 2.18. The fourth-order valence-corrected chi connectivity index (χ4v) is 3.40. The fourth-order valence-electron chi connectivity index (χ4n) is 3.40. The van der Waals surface area contributed by atoms with Crippen LogP contribution in [0.15, 0.2) is 30.3 Å². The first-order valence-corrected chi connectivity index (χ1v) is 10.9. The van der Waals surface area contributed by atoms with Gasteiger partial charge in [-0.3, -0.25) is 14.6 Å². The summed E-state index contributed by atoms with van der Waals surface area (Å²) in [5.41, 5.74) is 0.0565. The average molecular weight is 404 g/mol. The van der Waals surface area contributed by atoms with E-state index in [2.05, 4.69) is 11.8 Å². The number of ether oxygens (including phenoxy) is 1. The van der Waals surface area contributed by atoms with Crippen LogP contribution in [-0.4, -0.2) is 66.7 Å². The number of carbonyl (C=O) groups is 2. The number of piperazine rings is 1. The molecule has 0 atom stereocenters. The monoisotopic (exact) mass is 403 g/mol. The number of nitrogens with zero attached hydrogens (tertiary/aromatic N) is 3. The lowest BCUT2D eigenvalue weighted by atomic mass is 10.2. The Labute approximate surface area is 175 Å². The molecule has 1 aromatic carbocycles. The van der Waals surface area contributed by atoms with Crippen LogP contribution in [0.25, 0.3) is 0 Å². The van der Waals surface area contributed by atoms with Crippen LogP contribution in [-0.2, 0) is 9.53 Å². The Balaban J connectivity index is 1.92. The van der Waals surface area contributed by atoms with Gasteiger partial charge in [0.05, 0.1) is 0 Å². The summed E-state index contributed by atoms with van der Waals surface area (Å²) in [7, 11) is 0. The maximum absolute atomic E-state index is 12.9. The zero-order valence-electron chi connectivity index (χ0n) is 18.5. The van der Waals surface area contributed by atoms with Crippen LogP contribution in [0.5, 0.6) is 0 Å². The maximum atomic E-state index is 12.9. The average Bonchev–Trinajstić information content (AvgIpc) is 2.69. The lowest BCUT2D eigenvalue weighted by molar-refractivity contribution is -0.131. The number of rotatable bonds is 8. The van der Waals surface area contributed by atoms with E-state index in [0.29, 0.717) is 18.8 Å². The van der Waals surface area contributed by atoms with Gasteiger partial charge in [0.1, 0.15) is 12.1 Å². The van der Waals surface area contributed by atoms with E-state index >= 15 is 0 Å². The minimum Gasteiger partial charge on any atom is -0.443 e. The van der Waals surface area contributed by atoms with Gasteiger partial charge in [-0.2, -0.15) is 0 Å². The summed E-state index contributed by atoms with van der Waals surface area (Å²) in [6, 6.07) is 9.25. The van der Waals surface area contributed by atoms with Crippen molar-refractivity contribution < 1.29 is 14.3 Å². The van der Waals surface area contributed by atoms with Gasteiger partial charge in [-0.05, 0) is 45.9 Å². The molecule has 0 spiro atoms. The van der Waals surface area contributed by atoms with Gasteiger partial charge in [0.2, 0.25) is 5.91 Å². The van der Waals surface area contributed by atoms with Crippen molar-refractivity contribution in [3.63, 3.8) is 0 Å². The summed E-state index contributed by atoms with van der Waals surface area (Å²) in [5, 5.41) is 0. The quantitative estimate of drug-likeness (QED) is 0.612. The topological polar surface area (TPSA) is 53.1 Å². The second-order valence-electron chi connectivity index (χ2n) is 8.69. The van der Waals surface area contributed by atoms with Crippen LogP contribution in [0, 0.1) is 0 Å². The third kappa shape index (κ3) is 8.05. The van der Waals surface area contributed by atoms with Crippen molar-refractivity contribution in [2.75, 3.05) is 44.2 Å². The Kier molecular flexibility index (Phi) is 8.96. The first kappa shape index (κ1) is 23.2. The number of carbonyl (C=O) groups excluding carboxylic acids is 2. The highest BCUT2D eigenvalue weighted by molar-refractivity contribution is 5.95. The molecule has 0 unspecified atom stereocenters. The lowest BCUT2D eigenvalue weighted by Gasteiger charge is -2.36. The zero-order chi connectivity index (χ0) is 21.3. The van der Waals surface area contributed by atoms with Crippen LogP contribution in [0.4, 0.5) is 10.5 Å². The third-order valence-electron chi connectivity index (χ3n) is 5.03. The van der Waals surface area contributed by atoms with E-state index in [1.54, 1.807) is 0 Å². The first-order chi connectivity index (χ1) is 13.8. The molecule has 0 aromatic heterocycles.